The Morgan fingerprint density at radius 3 is 2.33 bits per heavy atom. The fourth-order valence-corrected chi connectivity index (χ4v) is 1.71. The van der Waals surface area contributed by atoms with Gasteiger partial charge in [-0.25, -0.2) is 4.79 Å². The predicted octanol–water partition coefficient (Wildman–Crippen LogP) is 2.43. The van der Waals surface area contributed by atoms with E-state index in [0.717, 1.165) is 5.56 Å². The zero-order valence-electron chi connectivity index (χ0n) is 12.5. The molecule has 1 N–H and O–H groups in total. The summed E-state index contributed by atoms with van der Waals surface area (Å²) < 4.78 is 9.87. The molecule has 8 nitrogen and oxygen atoms in total. The molecule has 0 spiro atoms. The number of nitrogens with zero attached hydrogens (tertiary/aromatic N) is 1. The van der Waals surface area contributed by atoms with Gasteiger partial charge in [0, 0.05) is 12.1 Å². The first kappa shape index (κ1) is 16.9. The third-order valence-electron chi connectivity index (χ3n) is 2.88. The van der Waals surface area contributed by atoms with E-state index in [2.05, 4.69) is 5.32 Å². The third kappa shape index (κ3) is 5.41. The van der Waals surface area contributed by atoms with Crippen molar-refractivity contribution in [3.05, 3.63) is 70.3 Å². The molecule has 8 heteroatoms. The number of hydrogen-bond donors (Lipinski definition) is 1. The lowest BCUT2D eigenvalue weighted by molar-refractivity contribution is -0.384. The number of nitrogens with one attached hydrogen (secondary N) is 1. The molecular formula is C16H14N2O6. The van der Waals surface area contributed by atoms with Crippen LogP contribution in [0, 0.1) is 10.1 Å². The Labute approximate surface area is 137 Å². The molecule has 0 aliphatic heterocycles. The molecule has 2 aromatic carbocycles. The van der Waals surface area contributed by atoms with Crippen molar-refractivity contribution in [1.82, 2.24) is 5.32 Å². The van der Waals surface area contributed by atoms with Gasteiger partial charge in [0.2, 0.25) is 0 Å². The number of nitro benzene ring substituents is 1. The molecule has 1 amide bonds. The summed E-state index contributed by atoms with van der Waals surface area (Å²) in [5.74, 6) is -0.491. The summed E-state index contributed by atoms with van der Waals surface area (Å²) in [5, 5.41) is 12.7. The van der Waals surface area contributed by atoms with Crippen molar-refractivity contribution in [3.8, 4) is 5.75 Å². The van der Waals surface area contributed by atoms with Crippen molar-refractivity contribution in [2.45, 2.75) is 6.61 Å². The molecule has 0 radical (unpaired) electrons. The maximum absolute atomic E-state index is 11.5. The molecule has 0 bridgehead atoms. The van der Waals surface area contributed by atoms with Crippen molar-refractivity contribution in [1.29, 1.82) is 0 Å². The summed E-state index contributed by atoms with van der Waals surface area (Å²) >= 11 is 0. The fraction of sp³-hybridized carbons (Fsp3) is 0.125. The number of amides is 1. The van der Waals surface area contributed by atoms with E-state index in [9.17, 15) is 19.7 Å². The number of nitro groups is 1. The maximum atomic E-state index is 11.5. The van der Waals surface area contributed by atoms with Crippen LogP contribution in [0.15, 0.2) is 54.6 Å². The van der Waals surface area contributed by atoms with Gasteiger partial charge in [0.15, 0.2) is 0 Å². The van der Waals surface area contributed by atoms with Gasteiger partial charge in [-0.1, -0.05) is 30.3 Å². The first-order valence-corrected chi connectivity index (χ1v) is 6.94. The quantitative estimate of drug-likeness (QED) is 0.495. The lowest BCUT2D eigenvalue weighted by Gasteiger charge is -2.07. The van der Waals surface area contributed by atoms with Gasteiger partial charge in [0.05, 0.1) is 4.92 Å². The number of esters is 1. The standard InChI is InChI=1S/C16H14N2O6/c19-15(23-11-12-4-2-1-3-5-12)10-17-16(20)24-14-8-6-13(7-9-14)18(21)22/h1-9H,10-11H2,(H,17,20). The smallest absolute Gasteiger partial charge is 0.413 e. The molecule has 0 aliphatic carbocycles. The van der Waals surface area contributed by atoms with Crippen molar-refractivity contribution in [2.75, 3.05) is 6.54 Å². The second-order valence-electron chi connectivity index (χ2n) is 4.64. The Kier molecular flexibility index (Phi) is 5.84. The molecule has 0 saturated carbocycles. The normalized spacial score (nSPS) is 9.83. The van der Waals surface area contributed by atoms with Crippen LogP contribution in [-0.4, -0.2) is 23.5 Å². The lowest BCUT2D eigenvalue weighted by Crippen LogP contribution is -2.32. The Balaban J connectivity index is 1.72. The number of hydrogen-bond acceptors (Lipinski definition) is 6. The van der Waals surface area contributed by atoms with E-state index < -0.39 is 17.0 Å². The molecule has 0 unspecified atom stereocenters. The Hall–Kier alpha value is -3.42. The summed E-state index contributed by atoms with van der Waals surface area (Å²) in [4.78, 5) is 33.0. The molecule has 0 aliphatic rings. The maximum Gasteiger partial charge on any atom is 0.413 e. The molecule has 0 heterocycles. The van der Waals surface area contributed by atoms with Crippen LogP contribution in [0.2, 0.25) is 0 Å². The first-order chi connectivity index (χ1) is 11.5. The zero-order chi connectivity index (χ0) is 17.4. The van der Waals surface area contributed by atoms with Gasteiger partial charge in [-0.05, 0) is 17.7 Å². The van der Waals surface area contributed by atoms with Gasteiger partial charge in [0.25, 0.3) is 5.69 Å². The van der Waals surface area contributed by atoms with Crippen LogP contribution < -0.4 is 10.1 Å². The largest absolute Gasteiger partial charge is 0.460 e. The third-order valence-corrected chi connectivity index (χ3v) is 2.88. The van der Waals surface area contributed by atoms with Crippen molar-refractivity contribution in [2.24, 2.45) is 0 Å². The van der Waals surface area contributed by atoms with Gasteiger partial charge < -0.3 is 14.8 Å². The zero-order valence-corrected chi connectivity index (χ0v) is 12.5. The molecule has 24 heavy (non-hydrogen) atoms. The molecular weight excluding hydrogens is 316 g/mol. The van der Waals surface area contributed by atoms with Gasteiger partial charge in [-0.3, -0.25) is 14.9 Å². The summed E-state index contributed by atoms with van der Waals surface area (Å²) in [5.41, 5.74) is 0.714. The van der Waals surface area contributed by atoms with Crippen LogP contribution in [0.1, 0.15) is 5.56 Å². The van der Waals surface area contributed by atoms with Crippen LogP contribution in [0.3, 0.4) is 0 Å². The lowest BCUT2D eigenvalue weighted by atomic mass is 10.2. The molecule has 124 valence electrons. The average molecular weight is 330 g/mol. The molecule has 0 aromatic heterocycles. The average Bonchev–Trinajstić information content (AvgIpc) is 2.59. The molecule has 0 saturated heterocycles. The highest BCUT2D eigenvalue weighted by molar-refractivity contribution is 5.78. The SMILES string of the molecule is O=C(CNC(=O)Oc1ccc([N+](=O)[O-])cc1)OCc1ccccc1. The van der Waals surface area contributed by atoms with E-state index in [-0.39, 0.29) is 24.6 Å². The van der Waals surface area contributed by atoms with E-state index in [1.807, 2.05) is 30.3 Å². The van der Waals surface area contributed by atoms with E-state index in [0.29, 0.717) is 0 Å². The van der Waals surface area contributed by atoms with Crippen molar-refractivity contribution < 1.29 is 24.0 Å². The van der Waals surface area contributed by atoms with Crippen molar-refractivity contribution in [3.63, 3.8) is 0 Å². The van der Waals surface area contributed by atoms with Crippen LogP contribution >= 0.6 is 0 Å². The van der Waals surface area contributed by atoms with E-state index in [1.54, 1.807) is 0 Å². The number of rotatable bonds is 6. The second kappa shape index (κ2) is 8.28. The highest BCUT2D eigenvalue weighted by Crippen LogP contribution is 2.17. The number of ether oxygens (including phenoxy) is 2. The summed E-state index contributed by atoms with van der Waals surface area (Å²) in [6.45, 7) is -0.239. The van der Waals surface area contributed by atoms with Crippen LogP contribution in [0.5, 0.6) is 5.75 Å². The topological polar surface area (TPSA) is 108 Å². The van der Waals surface area contributed by atoms with E-state index >= 15 is 0 Å². The Morgan fingerprint density at radius 1 is 1.04 bits per heavy atom. The van der Waals surface area contributed by atoms with Crippen LogP contribution in [0.4, 0.5) is 10.5 Å². The van der Waals surface area contributed by atoms with Gasteiger partial charge in [0.1, 0.15) is 18.9 Å². The summed E-state index contributed by atoms with van der Waals surface area (Å²) in [7, 11) is 0. The molecule has 0 fully saturated rings. The van der Waals surface area contributed by atoms with Crippen LogP contribution in [0.25, 0.3) is 0 Å². The molecule has 2 rings (SSSR count). The minimum Gasteiger partial charge on any atom is -0.460 e. The monoisotopic (exact) mass is 330 g/mol. The van der Waals surface area contributed by atoms with Crippen molar-refractivity contribution >= 4 is 17.7 Å². The number of non-ortho nitro benzene ring substituents is 1. The predicted molar refractivity (Wildman–Crippen MR) is 83.4 cm³/mol. The number of carbonyl (C=O) groups is 2. The van der Waals surface area contributed by atoms with E-state index in [1.165, 1.54) is 24.3 Å². The Bertz CT molecular complexity index is 715. The molecule has 0 atom stereocenters. The fourth-order valence-electron chi connectivity index (χ4n) is 1.71. The summed E-state index contributed by atoms with van der Waals surface area (Å²) in [6, 6.07) is 14.1. The van der Waals surface area contributed by atoms with E-state index in [4.69, 9.17) is 9.47 Å². The second-order valence-corrected chi connectivity index (χ2v) is 4.64. The molecule has 2 aromatic rings. The summed E-state index contributed by atoms with van der Waals surface area (Å²) in [6.07, 6.45) is -0.861. The van der Waals surface area contributed by atoms with Gasteiger partial charge in [-0.2, -0.15) is 0 Å². The minimum atomic E-state index is -0.861. The van der Waals surface area contributed by atoms with Crippen LogP contribution in [-0.2, 0) is 16.1 Å². The van der Waals surface area contributed by atoms with Gasteiger partial charge in [-0.15, -0.1) is 0 Å². The highest BCUT2D eigenvalue weighted by atomic mass is 16.6. The van der Waals surface area contributed by atoms with Gasteiger partial charge >= 0.3 is 12.1 Å². The highest BCUT2D eigenvalue weighted by Gasteiger charge is 2.10. The Morgan fingerprint density at radius 2 is 1.71 bits per heavy atom. The first-order valence-electron chi connectivity index (χ1n) is 6.94. The number of carbonyl (C=O) groups excluding carboxylic acids is 2. The minimum absolute atomic E-state index is 0.110. The number of benzene rings is 2.